The van der Waals surface area contributed by atoms with Crippen LogP contribution in [-0.4, -0.2) is 18.3 Å². The van der Waals surface area contributed by atoms with Crippen LogP contribution in [0, 0.1) is 0 Å². The van der Waals surface area contributed by atoms with Gasteiger partial charge in [0.05, 0.1) is 13.2 Å². The van der Waals surface area contributed by atoms with Crippen LogP contribution >= 0.6 is 0 Å². The first kappa shape index (κ1) is 13.0. The van der Waals surface area contributed by atoms with Gasteiger partial charge >= 0.3 is 0 Å². The minimum atomic E-state index is -0.570. The van der Waals surface area contributed by atoms with Crippen molar-refractivity contribution in [2.24, 2.45) is 0 Å². The summed E-state index contributed by atoms with van der Waals surface area (Å²) in [7, 11) is 1.63. The molecule has 0 radical (unpaired) electrons. The Labute approximate surface area is 119 Å². The molecule has 0 aromatic heterocycles. The van der Waals surface area contributed by atoms with E-state index in [2.05, 4.69) is 23.5 Å². The van der Waals surface area contributed by atoms with Gasteiger partial charge in [-0.2, -0.15) is 0 Å². The zero-order valence-corrected chi connectivity index (χ0v) is 11.5. The van der Waals surface area contributed by atoms with Gasteiger partial charge in [-0.25, -0.2) is 0 Å². The van der Waals surface area contributed by atoms with Gasteiger partial charge in [-0.3, -0.25) is 0 Å². The lowest BCUT2D eigenvalue weighted by Gasteiger charge is -2.31. The zero-order valence-electron chi connectivity index (χ0n) is 11.5. The predicted molar refractivity (Wildman–Crippen MR) is 80.1 cm³/mol. The van der Waals surface area contributed by atoms with Crippen molar-refractivity contribution in [3.8, 4) is 5.75 Å². The second-order valence-electron chi connectivity index (χ2n) is 5.13. The molecule has 3 nitrogen and oxygen atoms in total. The topological polar surface area (TPSA) is 41.5 Å². The van der Waals surface area contributed by atoms with Gasteiger partial charge in [-0.1, -0.05) is 36.4 Å². The van der Waals surface area contributed by atoms with Crippen LogP contribution in [0.5, 0.6) is 5.75 Å². The fourth-order valence-electron chi connectivity index (χ4n) is 2.83. The van der Waals surface area contributed by atoms with Gasteiger partial charge in [-0.05, 0) is 30.5 Å². The van der Waals surface area contributed by atoms with E-state index in [1.54, 1.807) is 7.11 Å². The molecule has 1 heterocycles. The molecule has 0 spiro atoms. The summed E-state index contributed by atoms with van der Waals surface area (Å²) in [4.78, 5) is 0. The number of nitrogens with one attached hydrogen (secondary N) is 1. The predicted octanol–water partition coefficient (Wildman–Crippen LogP) is 3.16. The fraction of sp³-hybridized carbons (Fsp3) is 0.294. The van der Waals surface area contributed by atoms with Crippen LogP contribution in [0.4, 0.5) is 5.69 Å². The molecule has 0 bridgehead atoms. The summed E-state index contributed by atoms with van der Waals surface area (Å²) in [5.41, 5.74) is 3.28. The molecule has 3 rings (SSSR count). The Bertz CT molecular complexity index is 597. The maximum Gasteiger partial charge on any atom is 0.124 e. The Hall–Kier alpha value is -2.00. The minimum Gasteiger partial charge on any atom is -0.496 e. The Morgan fingerprint density at radius 1 is 1.15 bits per heavy atom. The molecule has 2 atom stereocenters. The largest absolute Gasteiger partial charge is 0.496 e. The van der Waals surface area contributed by atoms with Gasteiger partial charge in [0.15, 0.2) is 0 Å². The van der Waals surface area contributed by atoms with Crippen LogP contribution in [0.25, 0.3) is 0 Å². The lowest BCUT2D eigenvalue weighted by Crippen LogP contribution is -2.31. The number of para-hydroxylation sites is 2. The molecule has 104 valence electrons. The van der Waals surface area contributed by atoms with Crippen molar-refractivity contribution >= 4 is 5.69 Å². The third-order valence-electron chi connectivity index (χ3n) is 3.92. The molecule has 0 saturated carbocycles. The van der Waals surface area contributed by atoms with Gasteiger partial charge in [-0.15, -0.1) is 0 Å². The van der Waals surface area contributed by atoms with Crippen molar-refractivity contribution in [2.75, 3.05) is 12.4 Å². The van der Waals surface area contributed by atoms with E-state index >= 15 is 0 Å². The number of hydrogen-bond acceptors (Lipinski definition) is 3. The van der Waals surface area contributed by atoms with Crippen molar-refractivity contribution in [3.05, 3.63) is 59.7 Å². The highest BCUT2D eigenvalue weighted by Crippen LogP contribution is 2.33. The molecule has 2 aromatic rings. The third-order valence-corrected chi connectivity index (χ3v) is 3.92. The first-order valence-electron chi connectivity index (χ1n) is 6.95. The summed E-state index contributed by atoms with van der Waals surface area (Å²) in [6.07, 6.45) is 1.33. The number of aliphatic hydroxyl groups excluding tert-OH is 1. The summed E-state index contributed by atoms with van der Waals surface area (Å²) in [6.45, 7) is 0. The molecule has 0 amide bonds. The first-order chi connectivity index (χ1) is 9.79. The minimum absolute atomic E-state index is 0.0150. The van der Waals surface area contributed by atoms with E-state index < -0.39 is 6.10 Å². The number of rotatable bonds is 3. The van der Waals surface area contributed by atoms with E-state index in [0.29, 0.717) is 0 Å². The van der Waals surface area contributed by atoms with Gasteiger partial charge < -0.3 is 15.2 Å². The number of anilines is 1. The van der Waals surface area contributed by atoms with Gasteiger partial charge in [0.25, 0.3) is 0 Å². The van der Waals surface area contributed by atoms with Crippen molar-refractivity contribution in [1.82, 2.24) is 0 Å². The fourth-order valence-corrected chi connectivity index (χ4v) is 2.83. The number of hydrogen-bond donors (Lipinski definition) is 2. The van der Waals surface area contributed by atoms with Gasteiger partial charge in [0.2, 0.25) is 0 Å². The molecule has 1 aliphatic heterocycles. The monoisotopic (exact) mass is 269 g/mol. The van der Waals surface area contributed by atoms with Crippen LogP contribution in [0.2, 0.25) is 0 Å². The smallest absolute Gasteiger partial charge is 0.124 e. The Kier molecular flexibility index (Phi) is 3.61. The maximum absolute atomic E-state index is 10.6. The molecule has 0 aliphatic carbocycles. The van der Waals surface area contributed by atoms with Crippen molar-refractivity contribution < 1.29 is 9.84 Å². The van der Waals surface area contributed by atoms with E-state index in [1.807, 2.05) is 30.3 Å². The first-order valence-corrected chi connectivity index (χ1v) is 6.95. The lowest BCUT2D eigenvalue weighted by atomic mass is 9.91. The summed E-state index contributed by atoms with van der Waals surface area (Å²) in [5.74, 6) is 0.737. The number of methoxy groups -OCH3 is 1. The number of aryl methyl sites for hydroxylation is 1. The van der Waals surface area contributed by atoms with Crippen LogP contribution < -0.4 is 10.1 Å². The van der Waals surface area contributed by atoms with E-state index in [9.17, 15) is 5.11 Å². The molecule has 0 saturated heterocycles. The second kappa shape index (κ2) is 5.55. The van der Waals surface area contributed by atoms with Gasteiger partial charge in [0, 0.05) is 11.3 Å². The van der Waals surface area contributed by atoms with E-state index in [4.69, 9.17) is 4.74 Å². The summed E-state index contributed by atoms with van der Waals surface area (Å²) < 4.78 is 5.34. The lowest BCUT2D eigenvalue weighted by molar-refractivity contribution is 0.145. The Balaban J connectivity index is 1.84. The molecule has 3 heteroatoms. The highest BCUT2D eigenvalue weighted by Gasteiger charge is 2.26. The zero-order chi connectivity index (χ0) is 13.9. The van der Waals surface area contributed by atoms with Gasteiger partial charge in [0.1, 0.15) is 11.9 Å². The van der Waals surface area contributed by atoms with E-state index in [1.165, 1.54) is 5.56 Å². The standard InChI is InChI=1S/C17H19NO2/c1-20-16-9-5-3-7-13(16)17(19)15-11-10-12-6-2-4-8-14(12)18-15/h2-9,15,17-19H,10-11H2,1H3. The van der Waals surface area contributed by atoms with Crippen LogP contribution in [0.15, 0.2) is 48.5 Å². The molecule has 2 unspecified atom stereocenters. The number of fused-ring (bicyclic) bond motifs is 1. The maximum atomic E-state index is 10.6. The van der Waals surface area contributed by atoms with Crippen molar-refractivity contribution in [2.45, 2.75) is 25.0 Å². The summed E-state index contributed by atoms with van der Waals surface area (Å²) in [6, 6.07) is 15.9. The number of benzene rings is 2. The normalized spacial score (nSPS) is 18.8. The van der Waals surface area contributed by atoms with Crippen molar-refractivity contribution in [1.29, 1.82) is 0 Å². The quantitative estimate of drug-likeness (QED) is 0.899. The molecular formula is C17H19NO2. The summed E-state index contributed by atoms with van der Waals surface area (Å²) in [5, 5.41) is 14.1. The molecule has 20 heavy (non-hydrogen) atoms. The second-order valence-corrected chi connectivity index (χ2v) is 5.13. The SMILES string of the molecule is COc1ccccc1C(O)C1CCc2ccccc2N1. The average molecular weight is 269 g/mol. The average Bonchev–Trinajstić information content (AvgIpc) is 2.53. The number of ether oxygens (including phenoxy) is 1. The molecule has 0 fully saturated rings. The highest BCUT2D eigenvalue weighted by atomic mass is 16.5. The number of aliphatic hydroxyl groups is 1. The Morgan fingerprint density at radius 3 is 2.75 bits per heavy atom. The molecule has 2 aromatic carbocycles. The molecule has 2 N–H and O–H groups in total. The highest BCUT2D eigenvalue weighted by molar-refractivity contribution is 5.54. The van der Waals surface area contributed by atoms with Crippen LogP contribution in [0.3, 0.4) is 0 Å². The molecule has 1 aliphatic rings. The summed E-state index contributed by atoms with van der Waals surface area (Å²) >= 11 is 0. The van der Waals surface area contributed by atoms with E-state index in [0.717, 1.165) is 29.8 Å². The molecular weight excluding hydrogens is 250 g/mol. The Morgan fingerprint density at radius 2 is 1.90 bits per heavy atom. The van der Waals surface area contributed by atoms with Crippen molar-refractivity contribution in [3.63, 3.8) is 0 Å². The third kappa shape index (κ3) is 2.37. The van der Waals surface area contributed by atoms with Crippen LogP contribution in [-0.2, 0) is 6.42 Å². The van der Waals surface area contributed by atoms with Crippen LogP contribution in [0.1, 0.15) is 23.7 Å². The van der Waals surface area contributed by atoms with E-state index in [-0.39, 0.29) is 6.04 Å².